The lowest BCUT2D eigenvalue weighted by Gasteiger charge is -2.02. The smallest absolute Gasteiger partial charge is 0.255 e. The van der Waals surface area contributed by atoms with Crippen molar-refractivity contribution in [2.24, 2.45) is 0 Å². The molecule has 0 fully saturated rings. The topological polar surface area (TPSA) is 44.0 Å². The summed E-state index contributed by atoms with van der Waals surface area (Å²) in [5.74, 6) is 0. The maximum atomic E-state index is 12.4. The van der Waals surface area contributed by atoms with E-state index in [1.54, 1.807) is 0 Å². The zero-order valence-electron chi connectivity index (χ0n) is 12.2. The van der Waals surface area contributed by atoms with Gasteiger partial charge in [-0.15, -0.1) is 0 Å². The molecule has 0 spiro atoms. The van der Waals surface area contributed by atoms with Gasteiger partial charge in [-0.05, 0) is 18.1 Å². The van der Waals surface area contributed by atoms with E-state index in [1.165, 1.54) is 8.52 Å². The second-order valence-corrected chi connectivity index (χ2v) is 6.21. The Kier molecular flexibility index (Phi) is 4.06. The summed E-state index contributed by atoms with van der Waals surface area (Å²) in [7, 11) is 0. The fourth-order valence-electron chi connectivity index (χ4n) is 2.25. The lowest BCUT2D eigenvalue weighted by atomic mass is 10.1. The van der Waals surface area contributed by atoms with Crippen LogP contribution in [-0.4, -0.2) is 8.52 Å². The molecule has 0 aliphatic rings. The average molecular weight is 312 g/mol. The van der Waals surface area contributed by atoms with Crippen LogP contribution in [0.4, 0.5) is 0 Å². The monoisotopic (exact) mass is 312 g/mol. The van der Waals surface area contributed by atoms with Crippen LogP contribution in [-0.2, 0) is 13.1 Å². The van der Waals surface area contributed by atoms with Crippen LogP contribution in [0.1, 0.15) is 16.7 Å². The number of rotatable bonds is 4. The number of aromatic nitrogens is 2. The van der Waals surface area contributed by atoms with E-state index >= 15 is 0 Å². The van der Waals surface area contributed by atoms with E-state index in [9.17, 15) is 9.59 Å². The van der Waals surface area contributed by atoms with Gasteiger partial charge in [0.25, 0.3) is 0 Å². The van der Waals surface area contributed by atoms with Gasteiger partial charge in [-0.1, -0.05) is 60.2 Å². The molecule has 3 rings (SSSR count). The predicted octanol–water partition coefficient (Wildman–Crippen LogP) is 2.48. The zero-order chi connectivity index (χ0) is 15.5. The third-order valence-corrected chi connectivity index (χ3v) is 4.37. The largest absolute Gasteiger partial charge is 0.341 e. The summed E-state index contributed by atoms with van der Waals surface area (Å²) in [6.45, 7) is 2.75. The SMILES string of the molecule is Cc1ccc(Cn2c(=O)sn(Cc3ccccc3)c2=O)cc1. The van der Waals surface area contributed by atoms with E-state index in [-0.39, 0.29) is 10.6 Å². The van der Waals surface area contributed by atoms with Gasteiger partial charge >= 0.3 is 10.6 Å². The third kappa shape index (κ3) is 3.09. The fraction of sp³-hybridized carbons (Fsp3) is 0.176. The van der Waals surface area contributed by atoms with Crippen LogP contribution >= 0.6 is 11.5 Å². The van der Waals surface area contributed by atoms with E-state index in [0.717, 1.165) is 28.2 Å². The normalized spacial score (nSPS) is 10.8. The van der Waals surface area contributed by atoms with Crippen LogP contribution in [0.15, 0.2) is 64.2 Å². The van der Waals surface area contributed by atoms with Crippen molar-refractivity contribution in [3.8, 4) is 0 Å². The summed E-state index contributed by atoms with van der Waals surface area (Å²) >= 11 is 0.970. The van der Waals surface area contributed by atoms with Gasteiger partial charge in [0.2, 0.25) is 0 Å². The number of nitrogens with zero attached hydrogens (tertiary/aromatic N) is 2. The van der Waals surface area contributed by atoms with E-state index in [4.69, 9.17) is 0 Å². The van der Waals surface area contributed by atoms with Crippen LogP contribution in [0.3, 0.4) is 0 Å². The Bertz CT molecular complexity index is 874. The molecule has 0 saturated heterocycles. The molecule has 0 aliphatic carbocycles. The maximum Gasteiger partial charge on any atom is 0.341 e. The van der Waals surface area contributed by atoms with Crippen molar-refractivity contribution in [3.05, 3.63) is 91.4 Å². The number of hydrogen-bond acceptors (Lipinski definition) is 3. The average Bonchev–Trinajstić information content (AvgIpc) is 2.78. The van der Waals surface area contributed by atoms with Gasteiger partial charge in [0.1, 0.15) is 0 Å². The minimum atomic E-state index is -0.251. The van der Waals surface area contributed by atoms with Crippen molar-refractivity contribution in [1.29, 1.82) is 0 Å². The molecule has 0 unspecified atom stereocenters. The molecule has 0 saturated carbocycles. The van der Waals surface area contributed by atoms with Crippen molar-refractivity contribution in [1.82, 2.24) is 8.52 Å². The van der Waals surface area contributed by atoms with Crippen molar-refractivity contribution in [2.45, 2.75) is 20.0 Å². The predicted molar refractivity (Wildman–Crippen MR) is 88.7 cm³/mol. The standard InChI is InChI=1S/C17H16N2O2S/c1-13-7-9-15(10-8-13)11-18-16(20)19(22-17(18)21)12-14-5-3-2-4-6-14/h2-10H,11-12H2,1H3. The van der Waals surface area contributed by atoms with E-state index in [0.29, 0.717) is 13.1 Å². The van der Waals surface area contributed by atoms with Crippen molar-refractivity contribution in [2.75, 3.05) is 0 Å². The highest BCUT2D eigenvalue weighted by Gasteiger charge is 2.10. The Morgan fingerprint density at radius 2 is 1.50 bits per heavy atom. The molecule has 0 amide bonds. The number of aryl methyl sites for hydroxylation is 1. The summed E-state index contributed by atoms with van der Waals surface area (Å²) in [5, 5.41) is 0. The summed E-state index contributed by atoms with van der Waals surface area (Å²) in [4.78, 5) is 24.3. The van der Waals surface area contributed by atoms with Gasteiger partial charge in [0, 0.05) is 11.5 Å². The molecule has 0 radical (unpaired) electrons. The van der Waals surface area contributed by atoms with Crippen LogP contribution < -0.4 is 10.6 Å². The first-order valence-electron chi connectivity index (χ1n) is 7.04. The molecule has 112 valence electrons. The Morgan fingerprint density at radius 1 is 0.864 bits per heavy atom. The second kappa shape index (κ2) is 6.15. The molecular formula is C17H16N2O2S. The summed E-state index contributed by atoms with van der Waals surface area (Å²) in [5.41, 5.74) is 2.87. The molecule has 0 atom stereocenters. The Hall–Kier alpha value is -2.40. The first-order valence-corrected chi connectivity index (χ1v) is 7.81. The Labute approximate surface area is 132 Å². The van der Waals surface area contributed by atoms with Gasteiger partial charge in [0.15, 0.2) is 0 Å². The minimum absolute atomic E-state index is 0.221. The molecule has 2 aromatic carbocycles. The molecule has 22 heavy (non-hydrogen) atoms. The van der Waals surface area contributed by atoms with Crippen LogP contribution in [0.5, 0.6) is 0 Å². The highest BCUT2D eigenvalue weighted by molar-refractivity contribution is 7.03. The van der Waals surface area contributed by atoms with Crippen molar-refractivity contribution in [3.63, 3.8) is 0 Å². The fourth-order valence-corrected chi connectivity index (χ4v) is 3.07. The van der Waals surface area contributed by atoms with Gasteiger partial charge in [0.05, 0.1) is 13.1 Å². The zero-order valence-corrected chi connectivity index (χ0v) is 13.0. The van der Waals surface area contributed by atoms with Gasteiger partial charge in [-0.25, -0.2) is 13.3 Å². The summed E-state index contributed by atoms with van der Waals surface area (Å²) in [6, 6.07) is 17.5. The van der Waals surface area contributed by atoms with Crippen LogP contribution in [0, 0.1) is 6.92 Å². The lowest BCUT2D eigenvalue weighted by molar-refractivity contribution is 0.685. The van der Waals surface area contributed by atoms with Crippen molar-refractivity contribution < 1.29 is 0 Å². The molecule has 4 nitrogen and oxygen atoms in total. The summed E-state index contributed by atoms with van der Waals surface area (Å²) < 4.78 is 2.80. The summed E-state index contributed by atoms with van der Waals surface area (Å²) in [6.07, 6.45) is 0. The Balaban J connectivity index is 1.89. The first kappa shape index (κ1) is 14.5. The van der Waals surface area contributed by atoms with Crippen LogP contribution in [0.2, 0.25) is 0 Å². The highest BCUT2D eigenvalue weighted by Crippen LogP contribution is 2.05. The number of benzene rings is 2. The van der Waals surface area contributed by atoms with Gasteiger partial charge in [-0.3, -0.25) is 4.79 Å². The van der Waals surface area contributed by atoms with Gasteiger partial charge in [-0.2, -0.15) is 0 Å². The van der Waals surface area contributed by atoms with E-state index < -0.39 is 0 Å². The first-order chi connectivity index (χ1) is 10.6. The van der Waals surface area contributed by atoms with E-state index in [2.05, 4.69) is 0 Å². The van der Waals surface area contributed by atoms with Gasteiger partial charge < -0.3 is 0 Å². The molecule has 0 N–H and O–H groups in total. The lowest BCUT2D eigenvalue weighted by Crippen LogP contribution is -2.29. The minimum Gasteiger partial charge on any atom is -0.255 e. The van der Waals surface area contributed by atoms with Crippen molar-refractivity contribution >= 4 is 11.5 Å². The maximum absolute atomic E-state index is 12.4. The molecule has 0 aliphatic heterocycles. The Morgan fingerprint density at radius 3 is 2.18 bits per heavy atom. The van der Waals surface area contributed by atoms with E-state index in [1.807, 2.05) is 61.5 Å². The van der Waals surface area contributed by atoms with Crippen LogP contribution in [0.25, 0.3) is 0 Å². The second-order valence-electron chi connectivity index (χ2n) is 5.23. The number of hydrogen-bond donors (Lipinski definition) is 0. The molecular weight excluding hydrogens is 296 g/mol. The molecule has 1 heterocycles. The molecule has 5 heteroatoms. The third-order valence-electron chi connectivity index (χ3n) is 3.48. The molecule has 1 aromatic heterocycles. The molecule has 3 aromatic rings. The highest BCUT2D eigenvalue weighted by atomic mass is 32.1. The quantitative estimate of drug-likeness (QED) is 0.743. The molecule has 0 bridgehead atoms.